The number of nitro groups is 1. The van der Waals surface area contributed by atoms with Crippen LogP contribution in [0.4, 0.5) is 11.4 Å². The topological polar surface area (TPSA) is 129 Å². The van der Waals surface area contributed by atoms with Crippen LogP contribution in [0.3, 0.4) is 0 Å². The molecule has 146 valence electrons. The molecule has 3 rings (SSSR count). The van der Waals surface area contributed by atoms with Gasteiger partial charge in [-0.05, 0) is 23.8 Å². The minimum Gasteiger partial charge on any atom is -0.454 e. The van der Waals surface area contributed by atoms with Gasteiger partial charge in [0.1, 0.15) is 0 Å². The van der Waals surface area contributed by atoms with E-state index >= 15 is 0 Å². The molecule has 0 aliphatic carbocycles. The van der Waals surface area contributed by atoms with Crippen molar-refractivity contribution in [2.45, 2.75) is 6.54 Å². The normalized spacial score (nSPS) is 11.6. The summed E-state index contributed by atoms with van der Waals surface area (Å²) in [5, 5.41) is 16.3. The van der Waals surface area contributed by atoms with E-state index in [1.54, 1.807) is 25.2 Å². The lowest BCUT2D eigenvalue weighted by atomic mass is 10.1. The SMILES string of the molecule is CNc1ccc([N+](=O)[O-])cc1C(=O)OCC(=O)NCc1ccc2c(c1)OCO2. The van der Waals surface area contributed by atoms with Gasteiger partial charge in [0.05, 0.1) is 10.5 Å². The van der Waals surface area contributed by atoms with Crippen molar-refractivity contribution in [2.75, 3.05) is 25.8 Å². The number of benzene rings is 2. The van der Waals surface area contributed by atoms with Gasteiger partial charge in [-0.2, -0.15) is 0 Å². The number of non-ortho nitro benzene ring substituents is 1. The number of nitrogens with one attached hydrogen (secondary N) is 2. The highest BCUT2D eigenvalue weighted by molar-refractivity contribution is 5.97. The second-order valence-electron chi connectivity index (χ2n) is 5.78. The highest BCUT2D eigenvalue weighted by Crippen LogP contribution is 2.32. The lowest BCUT2D eigenvalue weighted by molar-refractivity contribution is -0.384. The summed E-state index contributed by atoms with van der Waals surface area (Å²) in [6.45, 7) is -0.145. The van der Waals surface area contributed by atoms with Crippen LogP contribution in [0.2, 0.25) is 0 Å². The Hall–Kier alpha value is -3.82. The zero-order chi connectivity index (χ0) is 20.1. The molecule has 0 atom stereocenters. The lowest BCUT2D eigenvalue weighted by Crippen LogP contribution is -2.28. The van der Waals surface area contributed by atoms with E-state index in [-0.39, 0.29) is 24.6 Å². The third-order valence-corrected chi connectivity index (χ3v) is 3.96. The molecule has 10 nitrogen and oxygen atoms in total. The molecule has 1 heterocycles. The fraction of sp³-hybridized carbons (Fsp3) is 0.222. The first-order valence-electron chi connectivity index (χ1n) is 8.26. The van der Waals surface area contributed by atoms with Crippen molar-refractivity contribution in [1.29, 1.82) is 0 Å². The molecule has 0 unspecified atom stereocenters. The van der Waals surface area contributed by atoms with E-state index in [0.29, 0.717) is 17.2 Å². The van der Waals surface area contributed by atoms with Crippen molar-refractivity contribution in [2.24, 2.45) is 0 Å². The maximum absolute atomic E-state index is 12.2. The average molecular weight is 387 g/mol. The number of fused-ring (bicyclic) bond motifs is 1. The van der Waals surface area contributed by atoms with E-state index in [1.165, 1.54) is 12.1 Å². The fourth-order valence-corrected chi connectivity index (χ4v) is 2.54. The highest BCUT2D eigenvalue weighted by atomic mass is 16.7. The molecule has 2 aromatic rings. The Morgan fingerprint density at radius 1 is 1.18 bits per heavy atom. The molecule has 28 heavy (non-hydrogen) atoms. The van der Waals surface area contributed by atoms with Gasteiger partial charge in [-0.3, -0.25) is 14.9 Å². The van der Waals surface area contributed by atoms with Gasteiger partial charge >= 0.3 is 5.97 Å². The fourth-order valence-electron chi connectivity index (χ4n) is 2.54. The molecular weight excluding hydrogens is 370 g/mol. The zero-order valence-corrected chi connectivity index (χ0v) is 14.9. The molecule has 1 aliphatic rings. The Balaban J connectivity index is 1.55. The van der Waals surface area contributed by atoms with Crippen LogP contribution in [0.1, 0.15) is 15.9 Å². The van der Waals surface area contributed by atoms with Gasteiger partial charge < -0.3 is 24.8 Å². The predicted molar refractivity (Wildman–Crippen MR) is 97.3 cm³/mol. The molecule has 0 saturated carbocycles. The summed E-state index contributed by atoms with van der Waals surface area (Å²) in [6, 6.07) is 9.03. The number of hydrogen-bond acceptors (Lipinski definition) is 8. The summed E-state index contributed by atoms with van der Waals surface area (Å²) >= 11 is 0. The van der Waals surface area contributed by atoms with Gasteiger partial charge in [-0.25, -0.2) is 4.79 Å². The first-order chi connectivity index (χ1) is 13.5. The van der Waals surface area contributed by atoms with Crippen LogP contribution in [0, 0.1) is 10.1 Å². The average Bonchev–Trinajstić information content (AvgIpc) is 3.17. The number of nitro benzene ring substituents is 1. The summed E-state index contributed by atoms with van der Waals surface area (Å²) < 4.78 is 15.4. The molecule has 0 saturated heterocycles. The maximum atomic E-state index is 12.2. The predicted octanol–water partition coefficient (Wildman–Crippen LogP) is 1.84. The Labute approximate surface area is 159 Å². The Morgan fingerprint density at radius 3 is 2.71 bits per heavy atom. The summed E-state index contributed by atoms with van der Waals surface area (Å²) in [7, 11) is 1.57. The number of ether oxygens (including phenoxy) is 3. The van der Waals surface area contributed by atoms with E-state index in [0.717, 1.165) is 11.6 Å². The van der Waals surface area contributed by atoms with Crippen LogP contribution >= 0.6 is 0 Å². The lowest BCUT2D eigenvalue weighted by Gasteiger charge is -2.10. The van der Waals surface area contributed by atoms with Gasteiger partial charge in [0.15, 0.2) is 18.1 Å². The van der Waals surface area contributed by atoms with Crippen LogP contribution < -0.4 is 20.1 Å². The number of esters is 1. The molecule has 0 radical (unpaired) electrons. The maximum Gasteiger partial charge on any atom is 0.341 e. The molecule has 1 amide bonds. The first-order valence-corrected chi connectivity index (χ1v) is 8.26. The van der Waals surface area contributed by atoms with Crippen molar-refractivity contribution in [3.05, 3.63) is 57.6 Å². The Bertz CT molecular complexity index is 929. The van der Waals surface area contributed by atoms with Gasteiger partial charge in [0.25, 0.3) is 11.6 Å². The zero-order valence-electron chi connectivity index (χ0n) is 14.9. The van der Waals surface area contributed by atoms with Crippen LogP contribution in [0.25, 0.3) is 0 Å². The van der Waals surface area contributed by atoms with Gasteiger partial charge in [0.2, 0.25) is 6.79 Å². The van der Waals surface area contributed by atoms with Crippen molar-refractivity contribution in [3.63, 3.8) is 0 Å². The molecule has 0 aromatic heterocycles. The van der Waals surface area contributed by atoms with Crippen LogP contribution in [0.5, 0.6) is 11.5 Å². The van der Waals surface area contributed by atoms with E-state index < -0.39 is 23.4 Å². The standard InChI is InChI=1S/C18H17N3O7/c1-19-14-4-3-12(21(24)25)7-13(14)18(23)26-9-17(22)20-8-11-2-5-15-16(6-11)28-10-27-15/h2-7,19H,8-10H2,1H3,(H,20,22). The van der Waals surface area contributed by atoms with Crippen LogP contribution in [0.15, 0.2) is 36.4 Å². The quantitative estimate of drug-likeness (QED) is 0.418. The second kappa shape index (κ2) is 8.25. The number of carbonyl (C=O) groups excluding carboxylic acids is 2. The minimum atomic E-state index is -0.841. The van der Waals surface area contributed by atoms with Crippen molar-refractivity contribution in [3.8, 4) is 11.5 Å². The minimum absolute atomic E-state index is 0.0275. The second-order valence-corrected chi connectivity index (χ2v) is 5.78. The van der Waals surface area contributed by atoms with Crippen molar-refractivity contribution in [1.82, 2.24) is 5.32 Å². The number of carbonyl (C=O) groups is 2. The summed E-state index contributed by atoms with van der Waals surface area (Å²) in [5.41, 5.74) is 0.870. The monoisotopic (exact) mass is 387 g/mol. The molecule has 1 aliphatic heterocycles. The summed E-state index contributed by atoms with van der Waals surface area (Å²) in [4.78, 5) is 34.4. The van der Waals surface area contributed by atoms with E-state index in [1.807, 2.05) is 0 Å². The third-order valence-electron chi connectivity index (χ3n) is 3.96. The van der Waals surface area contributed by atoms with Gasteiger partial charge in [0, 0.05) is 31.4 Å². The van der Waals surface area contributed by atoms with E-state index in [9.17, 15) is 19.7 Å². The third kappa shape index (κ3) is 4.29. The molecule has 0 bridgehead atoms. The van der Waals surface area contributed by atoms with E-state index in [4.69, 9.17) is 14.2 Å². The van der Waals surface area contributed by atoms with Crippen molar-refractivity contribution < 1.29 is 28.7 Å². The number of anilines is 1. The number of nitrogens with zero attached hydrogens (tertiary/aromatic N) is 1. The molecule has 10 heteroatoms. The molecular formula is C18H17N3O7. The number of amides is 1. The van der Waals surface area contributed by atoms with Crippen molar-refractivity contribution >= 4 is 23.3 Å². The number of rotatable bonds is 7. The highest BCUT2D eigenvalue weighted by Gasteiger charge is 2.19. The Kier molecular flexibility index (Phi) is 5.58. The summed E-state index contributed by atoms with van der Waals surface area (Å²) in [6.07, 6.45) is 0. The van der Waals surface area contributed by atoms with Crippen LogP contribution in [-0.2, 0) is 16.1 Å². The first kappa shape index (κ1) is 19.0. The molecule has 0 spiro atoms. The smallest absolute Gasteiger partial charge is 0.341 e. The van der Waals surface area contributed by atoms with E-state index in [2.05, 4.69) is 10.6 Å². The van der Waals surface area contributed by atoms with Gasteiger partial charge in [-0.1, -0.05) is 6.07 Å². The van der Waals surface area contributed by atoms with Crippen LogP contribution in [-0.4, -0.2) is 37.2 Å². The largest absolute Gasteiger partial charge is 0.454 e. The molecule has 2 aromatic carbocycles. The van der Waals surface area contributed by atoms with Gasteiger partial charge in [-0.15, -0.1) is 0 Å². The molecule has 2 N–H and O–H groups in total. The number of hydrogen-bond donors (Lipinski definition) is 2. The molecule has 0 fully saturated rings. The summed E-state index contributed by atoms with van der Waals surface area (Å²) in [5.74, 6) is -0.113. The Morgan fingerprint density at radius 2 is 1.96 bits per heavy atom.